The van der Waals surface area contributed by atoms with Crippen LogP contribution in [0.5, 0.6) is 0 Å². The highest BCUT2D eigenvalue weighted by Crippen LogP contribution is 2.24. The molecular formula is C22H26N4O3S2. The van der Waals surface area contributed by atoms with E-state index in [0.29, 0.717) is 22.9 Å². The van der Waals surface area contributed by atoms with E-state index in [2.05, 4.69) is 22.4 Å². The van der Waals surface area contributed by atoms with Crippen LogP contribution in [0.4, 0.5) is 10.8 Å². The molecule has 9 heteroatoms. The van der Waals surface area contributed by atoms with Crippen LogP contribution >= 0.6 is 11.3 Å². The summed E-state index contributed by atoms with van der Waals surface area (Å²) < 4.78 is 27.4. The van der Waals surface area contributed by atoms with Gasteiger partial charge in [-0.3, -0.25) is 14.4 Å². The number of aryl methyl sites for hydroxylation is 1. The standard InChI is InChI=1S/C22H26N4O3S2/c1-3-5-7-12-20-24-25-22(30-20)23-21(27)17-13-15-19(16-14-17)31(28,29)26(4-2)18-10-8-6-9-11-18/h6,8-11,13-16H,3-5,7,12H2,1-2H3,(H,23,25,27). The Bertz CT molecular complexity index is 1100. The highest BCUT2D eigenvalue weighted by Gasteiger charge is 2.23. The van der Waals surface area contributed by atoms with Crippen LogP contribution in [-0.4, -0.2) is 31.1 Å². The average molecular weight is 459 g/mol. The maximum atomic E-state index is 13.1. The molecule has 0 saturated carbocycles. The molecule has 1 heterocycles. The first-order valence-corrected chi connectivity index (χ1v) is 12.5. The molecule has 0 aliphatic heterocycles. The van der Waals surface area contributed by atoms with Gasteiger partial charge in [0.25, 0.3) is 15.9 Å². The number of benzene rings is 2. The fourth-order valence-corrected chi connectivity index (χ4v) is 5.34. The Morgan fingerprint density at radius 3 is 2.35 bits per heavy atom. The van der Waals surface area contributed by atoms with Gasteiger partial charge in [0.1, 0.15) is 5.01 Å². The van der Waals surface area contributed by atoms with Crippen molar-refractivity contribution in [1.29, 1.82) is 0 Å². The second kappa shape index (κ2) is 10.5. The van der Waals surface area contributed by atoms with E-state index in [-0.39, 0.29) is 10.8 Å². The lowest BCUT2D eigenvalue weighted by molar-refractivity contribution is 0.102. The predicted molar refractivity (Wildman–Crippen MR) is 124 cm³/mol. The average Bonchev–Trinajstić information content (AvgIpc) is 3.22. The van der Waals surface area contributed by atoms with Crippen molar-refractivity contribution in [3.8, 4) is 0 Å². The molecule has 0 bridgehead atoms. The first-order valence-electron chi connectivity index (χ1n) is 10.3. The number of rotatable bonds is 10. The highest BCUT2D eigenvalue weighted by atomic mass is 32.2. The van der Waals surface area contributed by atoms with Crippen LogP contribution in [-0.2, 0) is 16.4 Å². The van der Waals surface area contributed by atoms with Gasteiger partial charge in [0, 0.05) is 18.5 Å². The van der Waals surface area contributed by atoms with Crippen LogP contribution in [0.3, 0.4) is 0 Å². The lowest BCUT2D eigenvalue weighted by atomic mass is 10.2. The summed E-state index contributed by atoms with van der Waals surface area (Å²) in [6.07, 6.45) is 4.17. The SMILES string of the molecule is CCCCCc1nnc(NC(=O)c2ccc(S(=O)(=O)N(CC)c3ccccc3)cc2)s1. The molecule has 7 nitrogen and oxygen atoms in total. The maximum Gasteiger partial charge on any atom is 0.264 e. The van der Waals surface area contributed by atoms with Crippen molar-refractivity contribution in [3.05, 3.63) is 65.2 Å². The number of unbranched alkanes of at least 4 members (excludes halogenated alkanes) is 2. The first kappa shape index (κ1) is 22.9. The third-order valence-corrected chi connectivity index (χ3v) is 7.53. The van der Waals surface area contributed by atoms with Crippen molar-refractivity contribution in [3.63, 3.8) is 0 Å². The Kier molecular flexibility index (Phi) is 7.75. The third kappa shape index (κ3) is 5.68. The molecule has 0 aliphatic carbocycles. The van der Waals surface area contributed by atoms with Crippen molar-refractivity contribution < 1.29 is 13.2 Å². The topological polar surface area (TPSA) is 92.3 Å². The van der Waals surface area contributed by atoms with Gasteiger partial charge < -0.3 is 0 Å². The van der Waals surface area contributed by atoms with E-state index in [1.807, 2.05) is 6.07 Å². The van der Waals surface area contributed by atoms with Gasteiger partial charge in [0.2, 0.25) is 5.13 Å². The molecule has 0 saturated heterocycles. The zero-order valence-electron chi connectivity index (χ0n) is 17.6. The summed E-state index contributed by atoms with van der Waals surface area (Å²) in [6, 6.07) is 14.8. The quantitative estimate of drug-likeness (QED) is 0.443. The fraction of sp³-hybridized carbons (Fsp3) is 0.318. The molecule has 2 aromatic carbocycles. The Labute approximate surface area is 187 Å². The van der Waals surface area contributed by atoms with E-state index in [1.54, 1.807) is 31.2 Å². The second-order valence-corrected chi connectivity index (χ2v) is 9.87. The van der Waals surface area contributed by atoms with Crippen molar-refractivity contribution in [1.82, 2.24) is 10.2 Å². The third-order valence-electron chi connectivity index (χ3n) is 4.72. The van der Waals surface area contributed by atoms with Gasteiger partial charge in [0.15, 0.2) is 0 Å². The summed E-state index contributed by atoms with van der Waals surface area (Å²) in [5, 5.41) is 12.2. The lowest BCUT2D eigenvalue weighted by Gasteiger charge is -2.22. The summed E-state index contributed by atoms with van der Waals surface area (Å²) in [4.78, 5) is 12.7. The molecule has 3 rings (SSSR count). The maximum absolute atomic E-state index is 13.1. The van der Waals surface area contributed by atoms with Crippen LogP contribution < -0.4 is 9.62 Å². The molecule has 0 unspecified atom stereocenters. The summed E-state index contributed by atoms with van der Waals surface area (Å²) in [6.45, 7) is 4.22. The van der Waals surface area contributed by atoms with E-state index >= 15 is 0 Å². The minimum Gasteiger partial charge on any atom is -0.296 e. The van der Waals surface area contributed by atoms with Crippen LogP contribution in [0.2, 0.25) is 0 Å². The summed E-state index contributed by atoms with van der Waals surface area (Å²) >= 11 is 1.36. The number of hydrogen-bond acceptors (Lipinski definition) is 6. The Morgan fingerprint density at radius 2 is 1.71 bits per heavy atom. The number of amides is 1. The zero-order valence-corrected chi connectivity index (χ0v) is 19.2. The summed E-state index contributed by atoms with van der Waals surface area (Å²) in [7, 11) is -3.73. The number of carbonyl (C=O) groups excluding carboxylic acids is 1. The van der Waals surface area contributed by atoms with Crippen molar-refractivity contribution in [2.24, 2.45) is 0 Å². The Morgan fingerprint density at radius 1 is 1.00 bits per heavy atom. The number of sulfonamides is 1. The molecule has 1 amide bonds. The smallest absolute Gasteiger partial charge is 0.264 e. The largest absolute Gasteiger partial charge is 0.296 e. The lowest BCUT2D eigenvalue weighted by Crippen LogP contribution is -2.30. The normalized spacial score (nSPS) is 11.3. The van der Waals surface area contributed by atoms with Crippen LogP contribution in [0.15, 0.2) is 59.5 Å². The minimum atomic E-state index is -3.73. The zero-order chi connectivity index (χ0) is 22.3. The monoisotopic (exact) mass is 458 g/mol. The van der Waals surface area contributed by atoms with Gasteiger partial charge in [-0.15, -0.1) is 10.2 Å². The fourth-order valence-electron chi connectivity index (χ4n) is 3.09. The number of para-hydroxylation sites is 1. The molecule has 1 aromatic heterocycles. The van der Waals surface area contributed by atoms with Gasteiger partial charge in [-0.2, -0.15) is 0 Å². The van der Waals surface area contributed by atoms with Gasteiger partial charge in [0.05, 0.1) is 10.6 Å². The molecule has 1 N–H and O–H groups in total. The Hall–Kier alpha value is -2.78. The number of carbonyl (C=O) groups is 1. The molecule has 164 valence electrons. The van der Waals surface area contributed by atoms with Crippen molar-refractivity contribution in [2.45, 2.75) is 44.4 Å². The number of anilines is 2. The molecular weight excluding hydrogens is 432 g/mol. The number of nitrogens with one attached hydrogen (secondary N) is 1. The number of aromatic nitrogens is 2. The van der Waals surface area contributed by atoms with Gasteiger partial charge in [-0.1, -0.05) is 49.3 Å². The number of nitrogens with zero attached hydrogens (tertiary/aromatic N) is 3. The van der Waals surface area contributed by atoms with E-state index in [1.165, 1.54) is 39.9 Å². The van der Waals surface area contributed by atoms with Crippen LogP contribution in [0.1, 0.15) is 48.5 Å². The van der Waals surface area contributed by atoms with Crippen molar-refractivity contribution >= 4 is 38.1 Å². The molecule has 0 fully saturated rings. The minimum absolute atomic E-state index is 0.129. The first-order chi connectivity index (χ1) is 15.0. The molecule has 31 heavy (non-hydrogen) atoms. The molecule has 0 aliphatic rings. The van der Waals surface area contributed by atoms with E-state index in [9.17, 15) is 13.2 Å². The highest BCUT2D eigenvalue weighted by molar-refractivity contribution is 7.92. The number of hydrogen-bond donors (Lipinski definition) is 1. The van der Waals surface area contributed by atoms with Gasteiger partial charge in [-0.05, 0) is 49.7 Å². The molecule has 0 spiro atoms. The molecule has 0 radical (unpaired) electrons. The molecule has 0 atom stereocenters. The van der Waals surface area contributed by atoms with Crippen LogP contribution in [0.25, 0.3) is 0 Å². The van der Waals surface area contributed by atoms with E-state index < -0.39 is 10.0 Å². The summed E-state index contributed by atoms with van der Waals surface area (Å²) in [5.41, 5.74) is 0.947. The van der Waals surface area contributed by atoms with E-state index in [0.717, 1.165) is 30.7 Å². The second-order valence-electron chi connectivity index (χ2n) is 6.94. The van der Waals surface area contributed by atoms with Gasteiger partial charge >= 0.3 is 0 Å². The predicted octanol–water partition coefficient (Wildman–Crippen LogP) is 4.74. The summed E-state index contributed by atoms with van der Waals surface area (Å²) in [5.74, 6) is -0.351. The van der Waals surface area contributed by atoms with E-state index in [4.69, 9.17) is 0 Å². The van der Waals surface area contributed by atoms with Crippen LogP contribution in [0, 0.1) is 0 Å². The Balaban J connectivity index is 1.70. The van der Waals surface area contributed by atoms with Crippen molar-refractivity contribution in [2.75, 3.05) is 16.2 Å². The molecule has 3 aromatic rings. The van der Waals surface area contributed by atoms with Gasteiger partial charge in [-0.25, -0.2) is 8.42 Å².